The molecule has 19 heavy (non-hydrogen) atoms. The Hall–Kier alpha value is -0.740. The summed E-state index contributed by atoms with van der Waals surface area (Å²) in [5.41, 5.74) is 8.77. The fourth-order valence-electron chi connectivity index (χ4n) is 3.49. The highest BCUT2D eigenvalue weighted by Gasteiger charge is 2.39. The van der Waals surface area contributed by atoms with Gasteiger partial charge in [-0.3, -0.25) is 0 Å². The van der Waals surface area contributed by atoms with E-state index < -0.39 is 0 Å². The molecule has 2 N–H and O–H groups in total. The van der Waals surface area contributed by atoms with Crippen LogP contribution < -0.4 is 5.73 Å². The topological polar surface area (TPSA) is 48.1 Å². The zero-order valence-electron chi connectivity index (χ0n) is 11.5. The first-order chi connectivity index (χ1) is 9.20. The molecule has 4 heteroatoms. The lowest BCUT2D eigenvalue weighted by molar-refractivity contribution is -0.0902. The van der Waals surface area contributed by atoms with Crippen molar-refractivity contribution < 1.29 is 4.74 Å². The Morgan fingerprint density at radius 3 is 2.95 bits per heavy atom. The van der Waals surface area contributed by atoms with E-state index in [1.807, 2.05) is 11.8 Å². The first kappa shape index (κ1) is 13.3. The van der Waals surface area contributed by atoms with E-state index in [2.05, 4.69) is 18.0 Å². The molecule has 0 saturated carbocycles. The van der Waals surface area contributed by atoms with Gasteiger partial charge in [0.2, 0.25) is 0 Å². The molecule has 0 bridgehead atoms. The number of nitrogens with two attached hydrogens (primary N) is 1. The predicted octanol–water partition coefficient (Wildman–Crippen LogP) is 3.13. The van der Waals surface area contributed by atoms with Gasteiger partial charge in [-0.25, -0.2) is 4.98 Å². The summed E-state index contributed by atoms with van der Waals surface area (Å²) in [5, 5.41) is 0. The van der Waals surface area contributed by atoms with Crippen molar-refractivity contribution in [3.63, 3.8) is 0 Å². The molecule has 2 fully saturated rings. The molecule has 104 valence electrons. The van der Waals surface area contributed by atoms with Gasteiger partial charge in [0.05, 0.1) is 5.60 Å². The number of hydrogen-bond donors (Lipinski definition) is 1. The highest BCUT2D eigenvalue weighted by atomic mass is 32.2. The van der Waals surface area contributed by atoms with E-state index >= 15 is 0 Å². The standard InChI is InChI=1S/C15H22N2OS/c1-11-2-6-17-14(16)13(11)12-3-7-18-15(10-12)4-8-19-9-5-15/h2,6,12H,3-5,7-10H2,1H3,(H2,16,17). The summed E-state index contributed by atoms with van der Waals surface area (Å²) >= 11 is 2.05. The number of thioether (sulfide) groups is 1. The molecule has 1 aromatic heterocycles. The minimum Gasteiger partial charge on any atom is -0.383 e. The van der Waals surface area contributed by atoms with Gasteiger partial charge in [0, 0.05) is 18.4 Å². The van der Waals surface area contributed by atoms with Gasteiger partial charge < -0.3 is 10.5 Å². The van der Waals surface area contributed by atoms with Gasteiger partial charge in [-0.1, -0.05) is 0 Å². The molecule has 1 aromatic rings. The number of nitrogens with zero attached hydrogens (tertiary/aromatic N) is 1. The van der Waals surface area contributed by atoms with Crippen LogP contribution in [-0.4, -0.2) is 28.7 Å². The number of anilines is 1. The number of ether oxygens (including phenoxy) is 1. The molecule has 1 atom stereocenters. The molecule has 1 spiro atoms. The van der Waals surface area contributed by atoms with Crippen LogP contribution in [0.1, 0.15) is 42.7 Å². The van der Waals surface area contributed by atoms with Crippen LogP contribution in [-0.2, 0) is 4.74 Å². The lowest BCUT2D eigenvalue weighted by Gasteiger charge is -2.43. The normalized spacial score (nSPS) is 26.5. The summed E-state index contributed by atoms with van der Waals surface area (Å²) in [6, 6.07) is 2.07. The van der Waals surface area contributed by atoms with Crippen molar-refractivity contribution in [2.24, 2.45) is 0 Å². The van der Waals surface area contributed by atoms with Crippen molar-refractivity contribution in [1.29, 1.82) is 0 Å². The Labute approximate surface area is 119 Å². The molecule has 2 aliphatic heterocycles. The van der Waals surface area contributed by atoms with Gasteiger partial charge in [-0.05, 0) is 61.7 Å². The number of nitrogen functional groups attached to an aromatic ring is 1. The minimum absolute atomic E-state index is 0.114. The van der Waals surface area contributed by atoms with Crippen LogP contribution in [0.2, 0.25) is 0 Å². The molecule has 2 aliphatic rings. The van der Waals surface area contributed by atoms with Gasteiger partial charge in [0.25, 0.3) is 0 Å². The Morgan fingerprint density at radius 1 is 1.42 bits per heavy atom. The smallest absolute Gasteiger partial charge is 0.127 e. The molecular formula is C15H22N2OS. The number of pyridine rings is 1. The summed E-state index contributed by atoms with van der Waals surface area (Å²) in [4.78, 5) is 4.28. The largest absolute Gasteiger partial charge is 0.383 e. The summed E-state index contributed by atoms with van der Waals surface area (Å²) < 4.78 is 6.16. The Kier molecular flexibility index (Phi) is 3.72. The molecule has 1 unspecified atom stereocenters. The predicted molar refractivity (Wildman–Crippen MR) is 80.6 cm³/mol. The third kappa shape index (κ3) is 2.61. The second-order valence-corrected chi connectivity index (χ2v) is 6.99. The van der Waals surface area contributed by atoms with Crippen molar-refractivity contribution >= 4 is 17.6 Å². The van der Waals surface area contributed by atoms with Crippen LogP contribution in [0.5, 0.6) is 0 Å². The van der Waals surface area contributed by atoms with Crippen LogP contribution >= 0.6 is 11.8 Å². The Balaban J connectivity index is 1.85. The number of hydrogen-bond acceptors (Lipinski definition) is 4. The number of rotatable bonds is 1. The van der Waals surface area contributed by atoms with Crippen LogP contribution in [0.3, 0.4) is 0 Å². The zero-order valence-corrected chi connectivity index (χ0v) is 12.3. The molecule has 0 amide bonds. The van der Waals surface area contributed by atoms with Crippen LogP contribution in [0.15, 0.2) is 12.3 Å². The van der Waals surface area contributed by atoms with E-state index in [4.69, 9.17) is 10.5 Å². The second-order valence-electron chi connectivity index (χ2n) is 5.76. The van der Waals surface area contributed by atoms with Crippen molar-refractivity contribution in [1.82, 2.24) is 4.98 Å². The fraction of sp³-hybridized carbons (Fsp3) is 0.667. The van der Waals surface area contributed by atoms with E-state index in [1.165, 1.54) is 35.5 Å². The molecule has 3 nitrogen and oxygen atoms in total. The average molecular weight is 278 g/mol. The molecule has 0 aromatic carbocycles. The highest BCUT2D eigenvalue weighted by Crippen LogP contribution is 2.44. The van der Waals surface area contributed by atoms with Crippen molar-refractivity contribution in [3.8, 4) is 0 Å². The van der Waals surface area contributed by atoms with Gasteiger partial charge in [0.1, 0.15) is 5.82 Å². The van der Waals surface area contributed by atoms with E-state index in [0.717, 1.165) is 19.4 Å². The molecule has 2 saturated heterocycles. The molecular weight excluding hydrogens is 256 g/mol. The maximum absolute atomic E-state index is 6.16. The first-order valence-electron chi connectivity index (χ1n) is 7.13. The third-order valence-corrected chi connectivity index (χ3v) is 5.53. The molecule has 0 aliphatic carbocycles. The number of aryl methyl sites for hydroxylation is 1. The first-order valence-corrected chi connectivity index (χ1v) is 8.28. The van der Waals surface area contributed by atoms with Crippen molar-refractivity contribution in [2.75, 3.05) is 23.8 Å². The van der Waals surface area contributed by atoms with Crippen LogP contribution in [0.25, 0.3) is 0 Å². The summed E-state index contributed by atoms with van der Waals surface area (Å²) in [6.45, 7) is 3.01. The van der Waals surface area contributed by atoms with E-state index in [-0.39, 0.29) is 5.60 Å². The Morgan fingerprint density at radius 2 is 2.21 bits per heavy atom. The Bertz CT molecular complexity index is 432. The van der Waals surface area contributed by atoms with Crippen molar-refractivity contribution in [3.05, 3.63) is 23.4 Å². The summed E-state index contributed by atoms with van der Waals surface area (Å²) in [7, 11) is 0. The lowest BCUT2D eigenvalue weighted by atomic mass is 9.78. The van der Waals surface area contributed by atoms with Gasteiger partial charge in [-0.2, -0.15) is 11.8 Å². The number of aromatic nitrogens is 1. The summed E-state index contributed by atoms with van der Waals surface area (Å²) in [5.74, 6) is 3.69. The monoisotopic (exact) mass is 278 g/mol. The molecule has 0 radical (unpaired) electrons. The van der Waals surface area contributed by atoms with Crippen LogP contribution in [0, 0.1) is 6.92 Å². The van der Waals surface area contributed by atoms with E-state index in [9.17, 15) is 0 Å². The van der Waals surface area contributed by atoms with Gasteiger partial charge in [0.15, 0.2) is 0 Å². The van der Waals surface area contributed by atoms with E-state index in [1.54, 1.807) is 6.20 Å². The van der Waals surface area contributed by atoms with Gasteiger partial charge in [-0.15, -0.1) is 0 Å². The maximum atomic E-state index is 6.16. The lowest BCUT2D eigenvalue weighted by Crippen LogP contribution is -2.42. The van der Waals surface area contributed by atoms with Crippen molar-refractivity contribution in [2.45, 2.75) is 44.1 Å². The minimum atomic E-state index is 0.114. The molecule has 3 heterocycles. The third-order valence-electron chi connectivity index (χ3n) is 4.54. The molecule has 3 rings (SSSR count). The summed E-state index contributed by atoms with van der Waals surface area (Å²) in [6.07, 6.45) is 6.37. The van der Waals surface area contributed by atoms with Gasteiger partial charge >= 0.3 is 0 Å². The maximum Gasteiger partial charge on any atom is 0.127 e. The average Bonchev–Trinajstić information content (AvgIpc) is 2.39. The fourth-order valence-corrected chi connectivity index (χ4v) is 4.72. The second kappa shape index (κ2) is 5.33. The zero-order chi connectivity index (χ0) is 13.3. The highest BCUT2D eigenvalue weighted by molar-refractivity contribution is 7.99. The van der Waals surface area contributed by atoms with E-state index in [0.29, 0.717) is 11.7 Å². The SMILES string of the molecule is Cc1ccnc(N)c1C1CCOC2(CCSCC2)C1. The quantitative estimate of drug-likeness (QED) is 0.857. The van der Waals surface area contributed by atoms with Crippen LogP contribution in [0.4, 0.5) is 5.82 Å².